The normalized spacial score (nSPS) is 17.5. The Balaban J connectivity index is 1.54. The molecular formula is C31H42N4O4. The van der Waals surface area contributed by atoms with Gasteiger partial charge in [-0.25, -0.2) is 0 Å². The van der Waals surface area contributed by atoms with Crippen LogP contribution in [0.4, 0.5) is 5.69 Å². The third-order valence-corrected chi connectivity index (χ3v) is 7.30. The van der Waals surface area contributed by atoms with Crippen molar-refractivity contribution in [1.29, 1.82) is 0 Å². The molecule has 0 unspecified atom stereocenters. The fraction of sp³-hybridized carbons (Fsp3) is 0.516. The van der Waals surface area contributed by atoms with Crippen molar-refractivity contribution in [2.45, 2.75) is 65.5 Å². The average molecular weight is 535 g/mol. The van der Waals surface area contributed by atoms with Crippen LogP contribution in [0.25, 0.3) is 0 Å². The van der Waals surface area contributed by atoms with E-state index < -0.39 is 0 Å². The Bertz CT molecular complexity index is 1150. The van der Waals surface area contributed by atoms with Crippen molar-refractivity contribution in [3.63, 3.8) is 0 Å². The first-order valence-electron chi connectivity index (χ1n) is 14.3. The van der Waals surface area contributed by atoms with Crippen molar-refractivity contribution in [3.8, 4) is 5.75 Å². The highest BCUT2D eigenvalue weighted by atomic mass is 16.5. The highest BCUT2D eigenvalue weighted by Crippen LogP contribution is 2.26. The van der Waals surface area contributed by atoms with Crippen LogP contribution in [-0.2, 0) is 22.7 Å². The predicted octanol–water partition coefficient (Wildman–Crippen LogP) is 4.27. The van der Waals surface area contributed by atoms with E-state index in [0.29, 0.717) is 49.9 Å². The summed E-state index contributed by atoms with van der Waals surface area (Å²) in [5, 5.41) is 6.11. The molecule has 1 saturated heterocycles. The highest BCUT2D eigenvalue weighted by molar-refractivity contribution is 5.97. The van der Waals surface area contributed by atoms with E-state index in [0.717, 1.165) is 62.0 Å². The van der Waals surface area contributed by atoms with E-state index in [1.54, 1.807) is 0 Å². The molecule has 0 spiro atoms. The molecule has 0 aromatic heterocycles. The van der Waals surface area contributed by atoms with Crippen LogP contribution in [0.1, 0.15) is 73.9 Å². The highest BCUT2D eigenvalue weighted by Gasteiger charge is 2.23. The van der Waals surface area contributed by atoms with Crippen LogP contribution in [0.3, 0.4) is 0 Å². The Kier molecular flexibility index (Phi) is 10.4. The minimum atomic E-state index is -0.185. The van der Waals surface area contributed by atoms with Gasteiger partial charge >= 0.3 is 0 Å². The lowest BCUT2D eigenvalue weighted by Crippen LogP contribution is -2.38. The maximum atomic E-state index is 13.5. The summed E-state index contributed by atoms with van der Waals surface area (Å²) in [7, 11) is 0. The quantitative estimate of drug-likeness (QED) is 0.554. The lowest BCUT2D eigenvalue weighted by molar-refractivity contribution is -0.122. The molecule has 2 heterocycles. The molecular weight excluding hydrogens is 492 g/mol. The first-order valence-corrected chi connectivity index (χ1v) is 14.3. The summed E-state index contributed by atoms with van der Waals surface area (Å²) in [5.74, 6) is 1.17. The molecule has 2 N–H and O–H groups in total. The number of benzene rings is 2. The average Bonchev–Trinajstić information content (AvgIpc) is 3.36. The summed E-state index contributed by atoms with van der Waals surface area (Å²) in [6.07, 6.45) is 5.18. The van der Waals surface area contributed by atoms with Gasteiger partial charge in [0.1, 0.15) is 5.75 Å². The van der Waals surface area contributed by atoms with E-state index in [1.165, 1.54) is 0 Å². The van der Waals surface area contributed by atoms with E-state index >= 15 is 0 Å². The minimum absolute atomic E-state index is 0.0127. The maximum absolute atomic E-state index is 13.5. The standard InChI is InChI=1S/C31H42N4O4/c1-23(2)14-17-34-21-27-26(11-7-12-28(27)39-18-5-3-4-15-32-29(36)22-34)31(38)33-20-24-9-6-10-25(19-24)35-16-8-13-30(35)37/h6-7,9-12,19,23H,3-5,8,13-18,20-22H2,1-2H3,(H,32,36)(H,33,38). The van der Waals surface area contributed by atoms with Gasteiger partial charge in [-0.2, -0.15) is 0 Å². The molecule has 2 aliphatic rings. The molecule has 3 amide bonds. The number of fused-ring (bicyclic) bond motifs is 1. The Morgan fingerprint density at radius 1 is 1.05 bits per heavy atom. The Labute approximate surface area is 232 Å². The molecule has 1 fully saturated rings. The molecule has 210 valence electrons. The molecule has 8 nitrogen and oxygen atoms in total. The van der Waals surface area contributed by atoms with Crippen LogP contribution in [0.2, 0.25) is 0 Å². The summed E-state index contributed by atoms with van der Waals surface area (Å²) in [5.41, 5.74) is 3.17. The monoisotopic (exact) mass is 534 g/mol. The first-order chi connectivity index (χ1) is 18.9. The third kappa shape index (κ3) is 8.30. The molecule has 0 radical (unpaired) electrons. The molecule has 39 heavy (non-hydrogen) atoms. The van der Waals surface area contributed by atoms with Crippen molar-refractivity contribution >= 4 is 23.4 Å². The number of carbonyl (C=O) groups is 3. The number of carbonyl (C=O) groups excluding carboxylic acids is 3. The minimum Gasteiger partial charge on any atom is -0.493 e. The summed E-state index contributed by atoms with van der Waals surface area (Å²) in [6.45, 7) is 8.15. The van der Waals surface area contributed by atoms with E-state index in [1.807, 2.05) is 47.4 Å². The first kappa shape index (κ1) is 28.6. The number of hydrogen-bond donors (Lipinski definition) is 2. The Hall–Kier alpha value is -3.39. The molecule has 2 aliphatic heterocycles. The van der Waals surface area contributed by atoms with Gasteiger partial charge in [0.25, 0.3) is 5.91 Å². The molecule has 4 rings (SSSR count). The Morgan fingerprint density at radius 2 is 1.90 bits per heavy atom. The molecule has 0 saturated carbocycles. The number of hydrogen-bond acceptors (Lipinski definition) is 5. The van der Waals surface area contributed by atoms with Gasteiger partial charge in [0, 0.05) is 49.4 Å². The van der Waals surface area contributed by atoms with E-state index in [-0.39, 0.29) is 24.3 Å². The predicted molar refractivity (Wildman–Crippen MR) is 153 cm³/mol. The van der Waals surface area contributed by atoms with E-state index in [9.17, 15) is 14.4 Å². The molecule has 2 aromatic rings. The van der Waals surface area contributed by atoms with Crippen LogP contribution < -0.4 is 20.3 Å². The van der Waals surface area contributed by atoms with Gasteiger partial charge in [0.2, 0.25) is 11.8 Å². The zero-order valence-corrected chi connectivity index (χ0v) is 23.3. The van der Waals surface area contributed by atoms with Gasteiger partial charge in [-0.1, -0.05) is 32.0 Å². The topological polar surface area (TPSA) is 91.0 Å². The van der Waals surface area contributed by atoms with Crippen molar-refractivity contribution in [2.75, 3.05) is 37.7 Å². The molecule has 0 atom stereocenters. The SMILES string of the molecule is CC(C)CCN1CC(=O)NCCCCCOc2cccc(C(=O)NCc3cccc(N4CCCC4=O)c3)c2C1. The number of rotatable bonds is 7. The molecule has 2 aromatic carbocycles. The van der Waals surface area contributed by atoms with Gasteiger partial charge in [-0.05, 0) is 74.4 Å². The largest absolute Gasteiger partial charge is 0.493 e. The summed E-state index contributed by atoms with van der Waals surface area (Å²) in [6, 6.07) is 13.4. The van der Waals surface area contributed by atoms with Crippen molar-refractivity contribution in [2.24, 2.45) is 5.92 Å². The number of nitrogens with one attached hydrogen (secondary N) is 2. The molecule has 0 aliphatic carbocycles. The van der Waals surface area contributed by atoms with E-state index in [2.05, 4.69) is 29.4 Å². The van der Waals surface area contributed by atoms with E-state index in [4.69, 9.17) is 4.74 Å². The fourth-order valence-electron chi connectivity index (χ4n) is 5.06. The second-order valence-corrected chi connectivity index (χ2v) is 10.9. The van der Waals surface area contributed by atoms with Gasteiger partial charge in [0.15, 0.2) is 0 Å². The van der Waals surface area contributed by atoms with Crippen LogP contribution in [0.15, 0.2) is 42.5 Å². The lowest BCUT2D eigenvalue weighted by Gasteiger charge is -2.25. The van der Waals surface area contributed by atoms with Crippen molar-refractivity contribution < 1.29 is 19.1 Å². The zero-order chi connectivity index (χ0) is 27.6. The number of amides is 3. The van der Waals surface area contributed by atoms with Crippen LogP contribution >= 0.6 is 0 Å². The lowest BCUT2D eigenvalue weighted by atomic mass is 10.0. The maximum Gasteiger partial charge on any atom is 0.252 e. The molecule has 0 bridgehead atoms. The number of anilines is 1. The fourth-order valence-corrected chi connectivity index (χ4v) is 5.06. The van der Waals surface area contributed by atoms with Gasteiger partial charge in [-0.3, -0.25) is 19.3 Å². The number of nitrogens with zero attached hydrogens (tertiary/aromatic N) is 2. The van der Waals surface area contributed by atoms with Gasteiger partial charge in [-0.15, -0.1) is 0 Å². The third-order valence-electron chi connectivity index (χ3n) is 7.30. The summed E-state index contributed by atoms with van der Waals surface area (Å²) >= 11 is 0. The van der Waals surface area contributed by atoms with Gasteiger partial charge in [0.05, 0.1) is 13.2 Å². The second kappa shape index (κ2) is 14.1. The van der Waals surface area contributed by atoms with Crippen LogP contribution in [0.5, 0.6) is 5.75 Å². The van der Waals surface area contributed by atoms with Gasteiger partial charge < -0.3 is 20.3 Å². The second-order valence-electron chi connectivity index (χ2n) is 10.9. The van der Waals surface area contributed by atoms with Crippen LogP contribution in [0, 0.1) is 5.92 Å². The number of ether oxygens (including phenoxy) is 1. The summed E-state index contributed by atoms with van der Waals surface area (Å²) in [4.78, 5) is 42.3. The van der Waals surface area contributed by atoms with Crippen LogP contribution in [-0.4, -0.2) is 55.4 Å². The summed E-state index contributed by atoms with van der Waals surface area (Å²) < 4.78 is 6.19. The molecule has 8 heteroatoms. The Morgan fingerprint density at radius 3 is 2.69 bits per heavy atom. The van der Waals surface area contributed by atoms with Crippen molar-refractivity contribution in [1.82, 2.24) is 15.5 Å². The smallest absolute Gasteiger partial charge is 0.252 e. The van der Waals surface area contributed by atoms with Crippen molar-refractivity contribution in [3.05, 3.63) is 59.2 Å². The zero-order valence-electron chi connectivity index (χ0n) is 23.3.